The van der Waals surface area contributed by atoms with Gasteiger partial charge in [-0.25, -0.2) is 9.67 Å². The van der Waals surface area contributed by atoms with Crippen LogP contribution in [0.3, 0.4) is 0 Å². The van der Waals surface area contributed by atoms with Crippen molar-refractivity contribution in [1.82, 2.24) is 25.0 Å². The molecule has 1 saturated heterocycles. The number of benzene rings is 1. The Balaban J connectivity index is 1.43. The molecule has 1 saturated carbocycles. The Morgan fingerprint density at radius 3 is 2.68 bits per heavy atom. The van der Waals surface area contributed by atoms with Gasteiger partial charge in [-0.3, -0.25) is 4.79 Å². The van der Waals surface area contributed by atoms with Crippen molar-refractivity contribution in [1.29, 1.82) is 0 Å². The number of carbonyl (C=O) groups excluding carboxylic acids is 1. The average Bonchev–Trinajstić information content (AvgIpc) is 3.09. The predicted octanol–water partition coefficient (Wildman–Crippen LogP) is 2.18. The molecule has 6 nitrogen and oxygen atoms in total. The molecular formula is C19H25N5O. The number of hydrogen-bond donors (Lipinski definition) is 1. The van der Waals surface area contributed by atoms with Crippen molar-refractivity contribution in [3.8, 4) is 5.69 Å². The van der Waals surface area contributed by atoms with Gasteiger partial charge in [0.1, 0.15) is 12.7 Å². The van der Waals surface area contributed by atoms with Gasteiger partial charge in [0.25, 0.3) is 0 Å². The van der Waals surface area contributed by atoms with E-state index < -0.39 is 0 Å². The molecule has 1 aromatic heterocycles. The summed E-state index contributed by atoms with van der Waals surface area (Å²) < 4.78 is 1.73. The largest absolute Gasteiger partial charge is 0.339 e. The molecule has 1 aliphatic carbocycles. The van der Waals surface area contributed by atoms with E-state index in [1.807, 2.05) is 24.1 Å². The minimum Gasteiger partial charge on any atom is -0.339 e. The van der Waals surface area contributed by atoms with Crippen molar-refractivity contribution >= 4 is 5.91 Å². The molecule has 2 aliphatic rings. The second kappa shape index (κ2) is 6.26. The van der Waals surface area contributed by atoms with Gasteiger partial charge in [0.15, 0.2) is 0 Å². The number of rotatable bonds is 4. The van der Waals surface area contributed by atoms with E-state index in [1.165, 1.54) is 6.33 Å². The summed E-state index contributed by atoms with van der Waals surface area (Å²) in [6, 6.07) is 8.24. The van der Waals surface area contributed by atoms with Crippen molar-refractivity contribution in [2.45, 2.75) is 32.2 Å². The fraction of sp³-hybridized carbons (Fsp3) is 0.526. The van der Waals surface area contributed by atoms with E-state index in [2.05, 4.69) is 34.5 Å². The Morgan fingerprint density at radius 2 is 2.04 bits per heavy atom. The third kappa shape index (κ3) is 2.95. The van der Waals surface area contributed by atoms with Crippen LogP contribution in [0.2, 0.25) is 0 Å². The third-order valence-corrected chi connectivity index (χ3v) is 6.07. The zero-order valence-corrected chi connectivity index (χ0v) is 14.9. The maximum absolute atomic E-state index is 12.9. The summed E-state index contributed by atoms with van der Waals surface area (Å²) >= 11 is 0. The number of amides is 1. The molecule has 1 amide bonds. The van der Waals surface area contributed by atoms with Gasteiger partial charge in [-0.2, -0.15) is 5.10 Å². The summed E-state index contributed by atoms with van der Waals surface area (Å²) in [5, 5.41) is 7.54. The van der Waals surface area contributed by atoms with E-state index in [0.29, 0.717) is 5.91 Å². The van der Waals surface area contributed by atoms with Crippen LogP contribution in [0.5, 0.6) is 0 Å². The molecule has 132 valence electrons. The molecule has 2 aromatic rings. The van der Waals surface area contributed by atoms with Gasteiger partial charge in [0, 0.05) is 13.0 Å². The normalized spacial score (nSPS) is 22.6. The fourth-order valence-corrected chi connectivity index (χ4v) is 4.08. The van der Waals surface area contributed by atoms with E-state index in [4.69, 9.17) is 0 Å². The zero-order chi connectivity index (χ0) is 17.4. The first-order chi connectivity index (χ1) is 12.1. The Labute approximate surface area is 148 Å². The van der Waals surface area contributed by atoms with Crippen LogP contribution in [0.25, 0.3) is 5.69 Å². The van der Waals surface area contributed by atoms with Gasteiger partial charge in [-0.15, -0.1) is 0 Å². The first-order valence-corrected chi connectivity index (χ1v) is 9.03. The molecule has 0 bridgehead atoms. The molecule has 1 N–H and O–H groups in total. The maximum atomic E-state index is 12.9. The van der Waals surface area contributed by atoms with Gasteiger partial charge in [-0.1, -0.05) is 12.1 Å². The number of piperidine rings is 1. The summed E-state index contributed by atoms with van der Waals surface area (Å²) in [7, 11) is 1.94. The number of nitrogens with one attached hydrogen (secondary N) is 1. The SMILES string of the molecule is CC(c1ccc(-n2cncn2)cc1)N(C)C(=O)C1CC12CCNCC2. The summed E-state index contributed by atoms with van der Waals surface area (Å²) in [6.45, 7) is 4.19. The van der Waals surface area contributed by atoms with Crippen molar-refractivity contribution in [2.24, 2.45) is 11.3 Å². The Hall–Kier alpha value is -2.21. The molecule has 2 atom stereocenters. The highest BCUT2D eigenvalue weighted by Crippen LogP contribution is 2.59. The van der Waals surface area contributed by atoms with E-state index in [-0.39, 0.29) is 17.4 Å². The fourth-order valence-electron chi connectivity index (χ4n) is 4.08. The van der Waals surface area contributed by atoms with Crippen LogP contribution in [0.15, 0.2) is 36.9 Å². The van der Waals surface area contributed by atoms with Crippen LogP contribution in [-0.4, -0.2) is 45.7 Å². The zero-order valence-electron chi connectivity index (χ0n) is 14.9. The lowest BCUT2D eigenvalue weighted by molar-refractivity contribution is -0.134. The highest BCUT2D eigenvalue weighted by Gasteiger charge is 2.58. The van der Waals surface area contributed by atoms with Gasteiger partial charge in [-0.05, 0) is 62.4 Å². The number of hydrogen-bond acceptors (Lipinski definition) is 4. The van der Waals surface area contributed by atoms with E-state index in [9.17, 15) is 4.79 Å². The van der Waals surface area contributed by atoms with Gasteiger partial charge in [0.05, 0.1) is 11.7 Å². The molecule has 2 unspecified atom stereocenters. The molecule has 1 aliphatic heterocycles. The van der Waals surface area contributed by atoms with E-state index >= 15 is 0 Å². The molecule has 2 heterocycles. The summed E-state index contributed by atoms with van der Waals surface area (Å²) in [5.74, 6) is 0.520. The third-order valence-electron chi connectivity index (χ3n) is 6.07. The minimum absolute atomic E-state index is 0.0664. The Kier molecular flexibility index (Phi) is 4.07. The van der Waals surface area contributed by atoms with Crippen LogP contribution in [0.1, 0.15) is 37.8 Å². The van der Waals surface area contributed by atoms with Crippen LogP contribution < -0.4 is 5.32 Å². The lowest BCUT2D eigenvalue weighted by Gasteiger charge is -2.28. The molecular weight excluding hydrogens is 314 g/mol. The maximum Gasteiger partial charge on any atom is 0.226 e. The molecule has 4 rings (SSSR count). The number of nitrogens with zero attached hydrogens (tertiary/aromatic N) is 4. The molecule has 2 fully saturated rings. The van der Waals surface area contributed by atoms with Crippen LogP contribution in [-0.2, 0) is 4.79 Å². The lowest BCUT2D eigenvalue weighted by atomic mass is 9.91. The summed E-state index contributed by atoms with van der Waals surface area (Å²) in [6.07, 6.45) is 6.54. The second-order valence-corrected chi connectivity index (χ2v) is 7.43. The highest BCUT2D eigenvalue weighted by atomic mass is 16.2. The predicted molar refractivity (Wildman–Crippen MR) is 95.2 cm³/mol. The quantitative estimate of drug-likeness (QED) is 0.927. The van der Waals surface area contributed by atoms with Crippen molar-refractivity contribution in [3.05, 3.63) is 42.5 Å². The first kappa shape index (κ1) is 16.3. The minimum atomic E-state index is 0.0664. The molecule has 6 heteroatoms. The van der Waals surface area contributed by atoms with E-state index in [0.717, 1.165) is 43.6 Å². The number of carbonyl (C=O) groups is 1. The average molecular weight is 339 g/mol. The van der Waals surface area contributed by atoms with Crippen LogP contribution in [0.4, 0.5) is 0 Å². The number of aromatic nitrogens is 3. The van der Waals surface area contributed by atoms with E-state index in [1.54, 1.807) is 11.0 Å². The van der Waals surface area contributed by atoms with Crippen molar-refractivity contribution in [3.63, 3.8) is 0 Å². The molecule has 1 spiro atoms. The van der Waals surface area contributed by atoms with Crippen molar-refractivity contribution < 1.29 is 4.79 Å². The Morgan fingerprint density at radius 1 is 1.32 bits per heavy atom. The lowest BCUT2D eigenvalue weighted by Crippen LogP contribution is -2.35. The van der Waals surface area contributed by atoms with Crippen LogP contribution in [0, 0.1) is 11.3 Å². The van der Waals surface area contributed by atoms with Gasteiger partial charge in [0.2, 0.25) is 5.91 Å². The Bertz CT molecular complexity index is 734. The smallest absolute Gasteiger partial charge is 0.226 e. The van der Waals surface area contributed by atoms with Crippen molar-refractivity contribution in [2.75, 3.05) is 20.1 Å². The summed E-state index contributed by atoms with van der Waals surface area (Å²) in [4.78, 5) is 18.8. The van der Waals surface area contributed by atoms with Gasteiger partial charge >= 0.3 is 0 Å². The second-order valence-electron chi connectivity index (χ2n) is 7.43. The highest BCUT2D eigenvalue weighted by molar-refractivity contribution is 5.83. The first-order valence-electron chi connectivity index (χ1n) is 9.03. The standard InChI is InChI=1S/C19H25N5O/c1-14(15-3-5-16(6-4-15)24-13-21-12-22-24)23(2)18(25)17-11-19(17)7-9-20-10-8-19/h3-6,12-14,17,20H,7-11H2,1-2H3. The summed E-state index contributed by atoms with van der Waals surface area (Å²) in [5.41, 5.74) is 2.39. The van der Waals surface area contributed by atoms with Gasteiger partial charge < -0.3 is 10.2 Å². The molecule has 0 radical (unpaired) electrons. The molecule has 25 heavy (non-hydrogen) atoms. The van der Waals surface area contributed by atoms with Crippen LogP contribution >= 0.6 is 0 Å². The molecule has 1 aromatic carbocycles. The topological polar surface area (TPSA) is 63.1 Å². The monoisotopic (exact) mass is 339 g/mol.